The van der Waals surface area contributed by atoms with Gasteiger partial charge in [-0.15, -0.1) is 0 Å². The molecule has 25 heavy (non-hydrogen) atoms. The molecule has 0 aromatic heterocycles. The molecule has 2 rings (SSSR count). The smallest absolute Gasteiger partial charge is 0.233 e. The summed E-state index contributed by atoms with van der Waals surface area (Å²) in [4.78, 5) is 23.9. The van der Waals surface area contributed by atoms with Gasteiger partial charge in [0.2, 0.25) is 11.8 Å². The number of aryl methyl sites for hydroxylation is 1. The van der Waals surface area contributed by atoms with Gasteiger partial charge in [0.25, 0.3) is 0 Å². The van der Waals surface area contributed by atoms with Crippen molar-refractivity contribution >= 4 is 29.1 Å². The number of ether oxygens (including phenoxy) is 1. The van der Waals surface area contributed by atoms with Crippen LogP contribution >= 0.6 is 11.6 Å². The van der Waals surface area contributed by atoms with E-state index in [1.165, 1.54) is 7.11 Å². The van der Waals surface area contributed by atoms with Crippen LogP contribution in [0.4, 0.5) is 5.69 Å². The first kappa shape index (κ1) is 18.8. The zero-order valence-corrected chi connectivity index (χ0v) is 15.0. The van der Waals surface area contributed by atoms with Crippen molar-refractivity contribution < 1.29 is 14.3 Å². The quantitative estimate of drug-likeness (QED) is 0.744. The highest BCUT2D eigenvalue weighted by atomic mass is 35.5. The summed E-state index contributed by atoms with van der Waals surface area (Å²) in [7, 11) is 1.49. The van der Waals surface area contributed by atoms with Gasteiger partial charge < -0.3 is 15.4 Å². The summed E-state index contributed by atoms with van der Waals surface area (Å²) >= 11 is 6.04. The Kier molecular flexibility index (Phi) is 6.83. The Morgan fingerprint density at radius 3 is 2.52 bits per heavy atom. The Hall–Kier alpha value is -2.53. The van der Waals surface area contributed by atoms with Crippen LogP contribution in [0.2, 0.25) is 5.02 Å². The Morgan fingerprint density at radius 2 is 1.84 bits per heavy atom. The topological polar surface area (TPSA) is 67.4 Å². The third kappa shape index (κ3) is 5.80. The molecule has 0 fully saturated rings. The van der Waals surface area contributed by atoms with Crippen molar-refractivity contribution in [1.29, 1.82) is 0 Å². The lowest BCUT2D eigenvalue weighted by Crippen LogP contribution is -2.29. The van der Waals surface area contributed by atoms with E-state index in [4.69, 9.17) is 16.3 Å². The van der Waals surface area contributed by atoms with Crippen molar-refractivity contribution in [2.75, 3.05) is 19.0 Å². The number of nitrogens with one attached hydrogen (secondary N) is 2. The molecule has 0 atom stereocenters. The fourth-order valence-electron chi connectivity index (χ4n) is 2.32. The maximum absolute atomic E-state index is 12.1. The number of hydrogen-bond acceptors (Lipinski definition) is 3. The molecule has 2 aromatic rings. The van der Waals surface area contributed by atoms with Gasteiger partial charge in [0.05, 0.1) is 12.8 Å². The monoisotopic (exact) mass is 360 g/mol. The fourth-order valence-corrected chi connectivity index (χ4v) is 2.48. The highest BCUT2D eigenvalue weighted by Gasteiger charge is 2.13. The molecule has 2 N–H and O–H groups in total. The molecule has 0 aliphatic rings. The first-order valence-electron chi connectivity index (χ1n) is 7.94. The maximum atomic E-state index is 12.1. The molecule has 0 bridgehead atoms. The molecular formula is C19H21ClN2O3. The van der Waals surface area contributed by atoms with Crippen LogP contribution in [-0.4, -0.2) is 25.5 Å². The van der Waals surface area contributed by atoms with Gasteiger partial charge >= 0.3 is 0 Å². The number of carbonyl (C=O) groups is 2. The van der Waals surface area contributed by atoms with Crippen LogP contribution < -0.4 is 15.4 Å². The number of carbonyl (C=O) groups excluding carboxylic acids is 2. The van der Waals surface area contributed by atoms with Crippen molar-refractivity contribution in [1.82, 2.24) is 5.32 Å². The summed E-state index contributed by atoms with van der Waals surface area (Å²) < 4.78 is 5.20. The molecule has 0 aliphatic carbocycles. The van der Waals surface area contributed by atoms with Crippen LogP contribution in [-0.2, 0) is 16.0 Å². The fraction of sp³-hybridized carbons (Fsp3) is 0.263. The molecule has 0 heterocycles. The van der Waals surface area contributed by atoms with Gasteiger partial charge in [0, 0.05) is 17.6 Å². The number of methoxy groups -OCH3 is 1. The lowest BCUT2D eigenvalue weighted by Gasteiger charge is -2.12. The van der Waals surface area contributed by atoms with Gasteiger partial charge in [-0.3, -0.25) is 9.59 Å². The van der Waals surface area contributed by atoms with Crippen molar-refractivity contribution in [3.63, 3.8) is 0 Å². The summed E-state index contributed by atoms with van der Waals surface area (Å²) in [6.45, 7) is 2.31. The number of anilines is 1. The zero-order chi connectivity index (χ0) is 18.2. The third-order valence-electron chi connectivity index (χ3n) is 3.65. The van der Waals surface area contributed by atoms with Gasteiger partial charge in [-0.2, -0.15) is 0 Å². The predicted molar refractivity (Wildman–Crippen MR) is 99.1 cm³/mol. The Morgan fingerprint density at radius 1 is 1.12 bits per heavy atom. The standard InChI is InChI=1S/C19H21ClN2O3/c1-13-10-16(17(25-2)11-15(13)20)22-19(24)12-18(23)21-9-8-14-6-4-3-5-7-14/h3-7,10-11H,8-9,12H2,1-2H3,(H,21,23)(H,22,24). The second kappa shape index (κ2) is 9.08. The minimum absolute atomic E-state index is 0.250. The van der Waals surface area contributed by atoms with E-state index in [9.17, 15) is 9.59 Å². The van der Waals surface area contributed by atoms with E-state index in [0.717, 1.165) is 17.5 Å². The van der Waals surface area contributed by atoms with Gasteiger partial charge in [-0.1, -0.05) is 41.9 Å². The molecular weight excluding hydrogens is 340 g/mol. The van der Waals surface area contributed by atoms with Crippen molar-refractivity contribution in [2.24, 2.45) is 0 Å². The summed E-state index contributed by atoms with van der Waals surface area (Å²) in [5.41, 5.74) is 2.44. The molecule has 5 nitrogen and oxygen atoms in total. The van der Waals surface area contributed by atoms with E-state index in [1.54, 1.807) is 12.1 Å². The van der Waals surface area contributed by atoms with Gasteiger partial charge in [-0.25, -0.2) is 0 Å². The van der Waals surface area contributed by atoms with E-state index >= 15 is 0 Å². The van der Waals surface area contributed by atoms with Crippen LogP contribution in [0, 0.1) is 6.92 Å². The van der Waals surface area contributed by atoms with Crippen molar-refractivity contribution in [3.05, 3.63) is 58.6 Å². The zero-order valence-electron chi connectivity index (χ0n) is 14.3. The Bertz CT molecular complexity index is 748. The average Bonchev–Trinajstić information content (AvgIpc) is 2.58. The number of rotatable bonds is 7. The lowest BCUT2D eigenvalue weighted by molar-refractivity contribution is -0.126. The second-order valence-corrected chi connectivity index (χ2v) is 6.02. The van der Waals surface area contributed by atoms with E-state index in [2.05, 4.69) is 10.6 Å². The highest BCUT2D eigenvalue weighted by Crippen LogP contribution is 2.30. The Labute approximate surface area is 152 Å². The molecule has 0 saturated carbocycles. The average molecular weight is 361 g/mol. The molecule has 6 heteroatoms. The molecule has 0 radical (unpaired) electrons. The largest absolute Gasteiger partial charge is 0.495 e. The maximum Gasteiger partial charge on any atom is 0.233 e. The minimum atomic E-state index is -0.405. The van der Waals surface area contributed by atoms with E-state index in [-0.39, 0.29) is 12.3 Å². The van der Waals surface area contributed by atoms with Crippen LogP contribution in [0.15, 0.2) is 42.5 Å². The first-order valence-corrected chi connectivity index (χ1v) is 8.32. The number of benzene rings is 2. The first-order chi connectivity index (χ1) is 12.0. The van der Waals surface area contributed by atoms with Crippen molar-refractivity contribution in [3.8, 4) is 5.75 Å². The predicted octanol–water partition coefficient (Wildman–Crippen LogP) is 3.34. The van der Waals surface area contributed by atoms with Crippen molar-refractivity contribution in [2.45, 2.75) is 19.8 Å². The molecule has 0 unspecified atom stereocenters. The number of amides is 2. The van der Waals surface area contributed by atoms with Gasteiger partial charge in [0.15, 0.2) is 0 Å². The number of hydrogen-bond donors (Lipinski definition) is 2. The van der Waals surface area contributed by atoms with Crippen LogP contribution in [0.1, 0.15) is 17.5 Å². The minimum Gasteiger partial charge on any atom is -0.495 e. The molecule has 2 amide bonds. The van der Waals surface area contributed by atoms with Gasteiger partial charge in [0.1, 0.15) is 12.2 Å². The van der Waals surface area contributed by atoms with Crippen LogP contribution in [0.3, 0.4) is 0 Å². The van der Waals surface area contributed by atoms with Gasteiger partial charge in [-0.05, 0) is 30.5 Å². The summed E-state index contributed by atoms with van der Waals surface area (Å²) in [5, 5.41) is 5.98. The van der Waals surface area contributed by atoms with Crippen LogP contribution in [0.5, 0.6) is 5.75 Å². The van der Waals surface area contributed by atoms with E-state index in [0.29, 0.717) is 23.0 Å². The highest BCUT2D eigenvalue weighted by molar-refractivity contribution is 6.31. The molecule has 0 saturated heterocycles. The summed E-state index contributed by atoms with van der Waals surface area (Å²) in [6.07, 6.45) is 0.470. The van der Waals surface area contributed by atoms with Crippen LogP contribution in [0.25, 0.3) is 0 Å². The SMILES string of the molecule is COc1cc(Cl)c(C)cc1NC(=O)CC(=O)NCCc1ccccc1. The summed E-state index contributed by atoms with van der Waals surface area (Å²) in [6, 6.07) is 13.2. The molecule has 0 aliphatic heterocycles. The number of halogens is 1. The van der Waals surface area contributed by atoms with E-state index in [1.807, 2.05) is 37.3 Å². The lowest BCUT2D eigenvalue weighted by atomic mass is 10.1. The normalized spacial score (nSPS) is 10.2. The molecule has 132 valence electrons. The molecule has 2 aromatic carbocycles. The Balaban J connectivity index is 1.83. The summed E-state index contributed by atoms with van der Waals surface area (Å²) in [5.74, 6) is -0.274. The third-order valence-corrected chi connectivity index (χ3v) is 4.06. The molecule has 0 spiro atoms. The van der Waals surface area contributed by atoms with E-state index < -0.39 is 5.91 Å². The second-order valence-electron chi connectivity index (χ2n) is 5.61.